The average Bonchev–Trinajstić information content (AvgIpc) is 2.64. The topological polar surface area (TPSA) is 84.6 Å². The summed E-state index contributed by atoms with van der Waals surface area (Å²) in [6, 6.07) is 10.6. The van der Waals surface area contributed by atoms with Crippen molar-refractivity contribution < 1.29 is 9.59 Å². The van der Waals surface area contributed by atoms with Crippen LogP contribution in [0.4, 0.5) is 5.69 Å². The van der Waals surface area contributed by atoms with Gasteiger partial charge in [0.05, 0.1) is 11.4 Å². The van der Waals surface area contributed by atoms with Crippen molar-refractivity contribution in [3.8, 4) is 0 Å². The number of benzodiazepines with no additional fused rings is 1. The fourth-order valence-electron chi connectivity index (χ4n) is 2.34. The SMILES string of the molecule is NC(=O)C1N=C(c2ccccc2Cl)c2cc(Cl)ccc2NC1=O. The van der Waals surface area contributed by atoms with Gasteiger partial charge in [-0.25, -0.2) is 0 Å². The van der Waals surface area contributed by atoms with Gasteiger partial charge >= 0.3 is 0 Å². The molecule has 0 aliphatic carbocycles. The summed E-state index contributed by atoms with van der Waals surface area (Å²) in [5.41, 5.74) is 7.33. The summed E-state index contributed by atoms with van der Waals surface area (Å²) >= 11 is 12.3. The molecule has 0 radical (unpaired) electrons. The number of anilines is 1. The Bertz CT molecular complexity index is 849. The van der Waals surface area contributed by atoms with Gasteiger partial charge in [0.1, 0.15) is 0 Å². The lowest BCUT2D eigenvalue weighted by atomic mass is 10.0. The lowest BCUT2D eigenvalue weighted by molar-refractivity contribution is -0.126. The second-order valence-electron chi connectivity index (χ2n) is 4.94. The van der Waals surface area contributed by atoms with Crippen LogP contribution < -0.4 is 11.1 Å². The van der Waals surface area contributed by atoms with Gasteiger partial charge < -0.3 is 11.1 Å². The number of nitrogens with two attached hydrogens (primary N) is 1. The van der Waals surface area contributed by atoms with Gasteiger partial charge in [-0.3, -0.25) is 14.6 Å². The molecule has 0 fully saturated rings. The third kappa shape index (κ3) is 2.93. The molecule has 1 aliphatic rings. The number of benzene rings is 2. The molecule has 2 amide bonds. The van der Waals surface area contributed by atoms with Crippen LogP contribution in [0.25, 0.3) is 0 Å². The molecule has 2 aromatic carbocycles. The number of amides is 2. The van der Waals surface area contributed by atoms with E-state index in [0.717, 1.165) is 0 Å². The van der Waals surface area contributed by atoms with Gasteiger partial charge in [-0.05, 0) is 24.3 Å². The van der Waals surface area contributed by atoms with Gasteiger partial charge in [0, 0.05) is 21.2 Å². The van der Waals surface area contributed by atoms with Crippen LogP contribution >= 0.6 is 23.2 Å². The van der Waals surface area contributed by atoms with Gasteiger partial charge in [-0.1, -0.05) is 41.4 Å². The maximum atomic E-state index is 12.2. The van der Waals surface area contributed by atoms with Crippen LogP contribution in [-0.2, 0) is 9.59 Å². The molecular formula is C16H11Cl2N3O2. The highest BCUT2D eigenvalue weighted by Crippen LogP contribution is 2.29. The Morgan fingerprint density at radius 3 is 2.57 bits per heavy atom. The van der Waals surface area contributed by atoms with E-state index in [1.54, 1.807) is 42.5 Å². The number of aliphatic imine (C=N–C) groups is 1. The third-order valence-electron chi connectivity index (χ3n) is 3.40. The molecule has 1 aliphatic heterocycles. The molecule has 116 valence electrons. The smallest absolute Gasteiger partial charge is 0.258 e. The zero-order chi connectivity index (χ0) is 16.6. The largest absolute Gasteiger partial charge is 0.367 e. The molecule has 2 aromatic rings. The number of carbonyl (C=O) groups is 2. The first-order valence-electron chi connectivity index (χ1n) is 6.70. The number of primary amides is 1. The summed E-state index contributed by atoms with van der Waals surface area (Å²) in [4.78, 5) is 28.0. The van der Waals surface area contributed by atoms with Crippen LogP contribution in [-0.4, -0.2) is 23.6 Å². The lowest BCUT2D eigenvalue weighted by Crippen LogP contribution is -2.37. The van der Waals surface area contributed by atoms with Gasteiger partial charge in [0.15, 0.2) is 0 Å². The van der Waals surface area contributed by atoms with E-state index in [0.29, 0.717) is 32.6 Å². The Kier molecular flexibility index (Phi) is 4.07. The van der Waals surface area contributed by atoms with Gasteiger partial charge in [-0.2, -0.15) is 0 Å². The number of hydrogen-bond acceptors (Lipinski definition) is 3. The zero-order valence-electron chi connectivity index (χ0n) is 11.7. The number of hydrogen-bond donors (Lipinski definition) is 2. The lowest BCUT2D eigenvalue weighted by Gasteiger charge is -2.11. The molecule has 3 rings (SSSR count). The summed E-state index contributed by atoms with van der Waals surface area (Å²) < 4.78 is 0. The van der Waals surface area contributed by atoms with E-state index in [9.17, 15) is 9.59 Å². The van der Waals surface area contributed by atoms with E-state index in [1.807, 2.05) is 0 Å². The fourth-order valence-corrected chi connectivity index (χ4v) is 2.74. The molecule has 0 spiro atoms. The maximum Gasteiger partial charge on any atom is 0.258 e. The van der Waals surface area contributed by atoms with Crippen molar-refractivity contribution in [3.05, 3.63) is 63.6 Å². The van der Waals surface area contributed by atoms with Crippen LogP contribution in [0, 0.1) is 0 Å². The number of halogens is 2. The first-order chi connectivity index (χ1) is 11.0. The van der Waals surface area contributed by atoms with Crippen molar-refractivity contribution in [1.82, 2.24) is 0 Å². The molecule has 1 atom stereocenters. The second kappa shape index (κ2) is 6.02. The summed E-state index contributed by atoms with van der Waals surface area (Å²) in [6.07, 6.45) is 0. The van der Waals surface area contributed by atoms with E-state index < -0.39 is 17.9 Å². The fraction of sp³-hybridized carbons (Fsp3) is 0.0625. The molecule has 23 heavy (non-hydrogen) atoms. The number of nitrogens with one attached hydrogen (secondary N) is 1. The van der Waals surface area contributed by atoms with E-state index in [1.165, 1.54) is 0 Å². The van der Waals surface area contributed by atoms with Crippen LogP contribution in [0.1, 0.15) is 11.1 Å². The summed E-state index contributed by atoms with van der Waals surface area (Å²) in [5, 5.41) is 3.55. The molecule has 7 heteroatoms. The Balaban J connectivity index is 2.29. The Morgan fingerprint density at radius 2 is 1.87 bits per heavy atom. The molecule has 0 saturated heterocycles. The molecular weight excluding hydrogens is 337 g/mol. The highest BCUT2D eigenvalue weighted by atomic mass is 35.5. The minimum absolute atomic E-state index is 0.384. The van der Waals surface area contributed by atoms with Crippen LogP contribution in [0.5, 0.6) is 0 Å². The molecule has 1 heterocycles. The van der Waals surface area contributed by atoms with Gasteiger partial charge in [0.2, 0.25) is 6.04 Å². The first-order valence-corrected chi connectivity index (χ1v) is 7.46. The molecule has 0 saturated carbocycles. The van der Waals surface area contributed by atoms with Crippen LogP contribution in [0.2, 0.25) is 10.0 Å². The second-order valence-corrected chi connectivity index (χ2v) is 5.79. The van der Waals surface area contributed by atoms with Gasteiger partial charge in [0.25, 0.3) is 11.8 Å². The van der Waals surface area contributed by atoms with Crippen molar-refractivity contribution in [2.75, 3.05) is 5.32 Å². The van der Waals surface area contributed by atoms with E-state index in [-0.39, 0.29) is 0 Å². The third-order valence-corrected chi connectivity index (χ3v) is 3.96. The standard InChI is InChI=1S/C16H11Cl2N3O2/c17-8-5-6-12-10(7-8)13(9-3-1-2-4-11(9)18)21-14(15(19)22)16(23)20-12/h1-7,14H,(H2,19,22)(H,20,23). The predicted molar refractivity (Wildman–Crippen MR) is 90.2 cm³/mol. The predicted octanol–water partition coefficient (Wildman–Crippen LogP) is 2.64. The molecule has 1 unspecified atom stereocenters. The quantitative estimate of drug-likeness (QED) is 0.818. The summed E-state index contributed by atoms with van der Waals surface area (Å²) in [5.74, 6) is -1.44. The van der Waals surface area contributed by atoms with Crippen molar-refractivity contribution in [2.24, 2.45) is 10.7 Å². The Labute approximate surface area is 142 Å². The van der Waals surface area contributed by atoms with E-state index in [4.69, 9.17) is 28.9 Å². The van der Waals surface area contributed by atoms with Crippen LogP contribution in [0.15, 0.2) is 47.5 Å². The summed E-state index contributed by atoms with van der Waals surface area (Å²) in [6.45, 7) is 0. The summed E-state index contributed by atoms with van der Waals surface area (Å²) in [7, 11) is 0. The number of nitrogens with zero attached hydrogens (tertiary/aromatic N) is 1. The monoisotopic (exact) mass is 347 g/mol. The molecule has 0 bridgehead atoms. The molecule has 0 aromatic heterocycles. The normalized spacial score (nSPS) is 16.9. The van der Waals surface area contributed by atoms with E-state index >= 15 is 0 Å². The minimum atomic E-state index is -1.34. The van der Waals surface area contributed by atoms with Crippen LogP contribution in [0.3, 0.4) is 0 Å². The Morgan fingerprint density at radius 1 is 1.13 bits per heavy atom. The maximum absolute atomic E-state index is 12.2. The zero-order valence-corrected chi connectivity index (χ0v) is 13.2. The highest BCUT2D eigenvalue weighted by molar-refractivity contribution is 6.37. The number of fused-ring (bicyclic) bond motifs is 1. The van der Waals surface area contributed by atoms with Crippen molar-refractivity contribution in [1.29, 1.82) is 0 Å². The Hall–Kier alpha value is -2.37. The average molecular weight is 348 g/mol. The van der Waals surface area contributed by atoms with Gasteiger partial charge in [-0.15, -0.1) is 0 Å². The number of rotatable bonds is 2. The van der Waals surface area contributed by atoms with Crippen molar-refractivity contribution in [2.45, 2.75) is 6.04 Å². The number of carbonyl (C=O) groups excluding carboxylic acids is 2. The van der Waals surface area contributed by atoms with Crippen molar-refractivity contribution >= 4 is 46.4 Å². The first kappa shape index (κ1) is 15.5. The highest BCUT2D eigenvalue weighted by Gasteiger charge is 2.30. The van der Waals surface area contributed by atoms with Crippen molar-refractivity contribution in [3.63, 3.8) is 0 Å². The molecule has 3 N–H and O–H groups in total. The molecule has 5 nitrogen and oxygen atoms in total. The minimum Gasteiger partial charge on any atom is -0.367 e. The van der Waals surface area contributed by atoms with E-state index in [2.05, 4.69) is 10.3 Å².